The van der Waals surface area contributed by atoms with Gasteiger partial charge in [0.05, 0.1) is 11.5 Å². The molecule has 1 amide bonds. The summed E-state index contributed by atoms with van der Waals surface area (Å²) in [5.41, 5.74) is 1.82. The summed E-state index contributed by atoms with van der Waals surface area (Å²) in [4.78, 5) is 13.8. The molecule has 0 N–H and O–H groups in total. The van der Waals surface area contributed by atoms with Gasteiger partial charge in [-0.1, -0.05) is 19.1 Å². The second-order valence-corrected chi connectivity index (χ2v) is 6.80. The van der Waals surface area contributed by atoms with Crippen molar-refractivity contribution < 1.29 is 13.2 Å². The fourth-order valence-electron chi connectivity index (χ4n) is 1.98. The van der Waals surface area contributed by atoms with Crippen LogP contribution in [0, 0.1) is 0 Å². The van der Waals surface area contributed by atoms with E-state index in [-0.39, 0.29) is 17.4 Å². The Kier molecular flexibility index (Phi) is 3.71. The van der Waals surface area contributed by atoms with E-state index in [1.807, 2.05) is 24.3 Å². The minimum Gasteiger partial charge on any atom is -0.337 e. The number of nitrogens with zero attached hydrogens (tertiary/aromatic N) is 1. The lowest BCUT2D eigenvalue weighted by molar-refractivity contribution is 0.0770. The molecule has 0 atom stereocenters. The summed E-state index contributed by atoms with van der Waals surface area (Å²) >= 11 is 0. The van der Waals surface area contributed by atoms with Gasteiger partial charge in [0.2, 0.25) is 0 Å². The van der Waals surface area contributed by atoms with Gasteiger partial charge in [-0.15, -0.1) is 0 Å². The third-order valence-corrected chi connectivity index (χ3v) is 4.85. The monoisotopic (exact) mass is 267 g/mol. The summed E-state index contributed by atoms with van der Waals surface area (Å²) in [5, 5.41) is 0. The largest absolute Gasteiger partial charge is 0.337 e. The Labute approximate surface area is 108 Å². The molecule has 4 nitrogen and oxygen atoms in total. The molecular weight excluding hydrogens is 250 g/mol. The van der Waals surface area contributed by atoms with E-state index in [1.165, 1.54) is 5.56 Å². The van der Waals surface area contributed by atoms with Crippen LogP contribution in [0.3, 0.4) is 0 Å². The number of carbonyl (C=O) groups is 1. The van der Waals surface area contributed by atoms with Crippen molar-refractivity contribution in [1.29, 1.82) is 0 Å². The summed E-state index contributed by atoms with van der Waals surface area (Å²) in [5.74, 6) is 0.0740. The Morgan fingerprint density at radius 3 is 2.22 bits per heavy atom. The molecule has 98 valence electrons. The van der Waals surface area contributed by atoms with Gasteiger partial charge < -0.3 is 4.90 Å². The molecule has 0 aliphatic carbocycles. The minimum atomic E-state index is -2.94. The van der Waals surface area contributed by atoms with Crippen LogP contribution < -0.4 is 0 Å². The van der Waals surface area contributed by atoms with E-state index in [1.54, 1.807) is 4.90 Å². The molecule has 5 heteroatoms. The summed E-state index contributed by atoms with van der Waals surface area (Å²) < 4.78 is 22.6. The first-order valence-electron chi connectivity index (χ1n) is 6.10. The highest BCUT2D eigenvalue weighted by Gasteiger charge is 2.25. The SMILES string of the molecule is CCc1ccc(C(=O)N2CCS(=O)(=O)CC2)cc1. The summed E-state index contributed by atoms with van der Waals surface area (Å²) in [6.07, 6.45) is 0.941. The third kappa shape index (κ3) is 2.90. The van der Waals surface area contributed by atoms with Gasteiger partial charge in [-0.2, -0.15) is 0 Å². The molecule has 0 unspecified atom stereocenters. The van der Waals surface area contributed by atoms with E-state index in [0.717, 1.165) is 6.42 Å². The quantitative estimate of drug-likeness (QED) is 0.807. The van der Waals surface area contributed by atoms with Gasteiger partial charge in [0, 0.05) is 18.7 Å². The molecule has 1 heterocycles. The van der Waals surface area contributed by atoms with E-state index >= 15 is 0 Å². The van der Waals surface area contributed by atoms with Crippen molar-refractivity contribution in [3.05, 3.63) is 35.4 Å². The van der Waals surface area contributed by atoms with Crippen molar-refractivity contribution in [3.63, 3.8) is 0 Å². The second-order valence-electron chi connectivity index (χ2n) is 4.49. The lowest BCUT2D eigenvalue weighted by atomic mass is 10.1. The molecule has 18 heavy (non-hydrogen) atoms. The topological polar surface area (TPSA) is 54.5 Å². The van der Waals surface area contributed by atoms with Crippen molar-refractivity contribution in [3.8, 4) is 0 Å². The molecule has 0 bridgehead atoms. The zero-order valence-corrected chi connectivity index (χ0v) is 11.2. The molecule has 0 saturated carbocycles. The number of carbonyl (C=O) groups excluding carboxylic acids is 1. The van der Waals surface area contributed by atoms with E-state index in [2.05, 4.69) is 6.92 Å². The molecule has 1 aromatic rings. The Balaban J connectivity index is 2.07. The lowest BCUT2D eigenvalue weighted by Crippen LogP contribution is -2.43. The molecule has 1 aromatic carbocycles. The van der Waals surface area contributed by atoms with E-state index in [0.29, 0.717) is 18.7 Å². The Hall–Kier alpha value is -1.36. The zero-order chi connectivity index (χ0) is 13.2. The molecule has 0 spiro atoms. The maximum Gasteiger partial charge on any atom is 0.253 e. The minimum absolute atomic E-state index is 0.0752. The highest BCUT2D eigenvalue weighted by atomic mass is 32.2. The highest BCUT2D eigenvalue weighted by Crippen LogP contribution is 2.11. The average Bonchev–Trinajstić information content (AvgIpc) is 2.38. The van der Waals surface area contributed by atoms with Crippen molar-refractivity contribution in [2.24, 2.45) is 0 Å². The second kappa shape index (κ2) is 5.10. The van der Waals surface area contributed by atoms with Gasteiger partial charge in [-0.3, -0.25) is 4.79 Å². The van der Waals surface area contributed by atoms with Crippen LogP contribution in [-0.2, 0) is 16.3 Å². The Morgan fingerprint density at radius 2 is 1.72 bits per heavy atom. The van der Waals surface area contributed by atoms with Crippen LogP contribution in [-0.4, -0.2) is 43.8 Å². The first-order valence-corrected chi connectivity index (χ1v) is 7.92. The van der Waals surface area contributed by atoms with E-state index in [4.69, 9.17) is 0 Å². The van der Waals surface area contributed by atoms with Crippen LogP contribution in [0.1, 0.15) is 22.8 Å². The fourth-order valence-corrected chi connectivity index (χ4v) is 3.18. The molecule has 0 aromatic heterocycles. The normalized spacial score (nSPS) is 18.6. The van der Waals surface area contributed by atoms with Crippen molar-refractivity contribution in [2.45, 2.75) is 13.3 Å². The standard InChI is InChI=1S/C13H17NO3S/c1-2-11-3-5-12(6-4-11)13(15)14-7-9-18(16,17)10-8-14/h3-6H,2,7-10H2,1H3. The number of amides is 1. The van der Waals surface area contributed by atoms with E-state index in [9.17, 15) is 13.2 Å². The maximum atomic E-state index is 12.1. The number of benzene rings is 1. The predicted molar refractivity (Wildman–Crippen MR) is 70.4 cm³/mol. The van der Waals surface area contributed by atoms with Gasteiger partial charge in [0.1, 0.15) is 0 Å². The molecular formula is C13H17NO3S. The molecule has 1 aliphatic rings. The number of hydrogen-bond acceptors (Lipinski definition) is 3. The van der Waals surface area contributed by atoms with Gasteiger partial charge in [-0.05, 0) is 24.1 Å². The van der Waals surface area contributed by atoms with Crippen LogP contribution in [0.2, 0.25) is 0 Å². The Bertz CT molecular complexity index is 520. The van der Waals surface area contributed by atoms with Crippen LogP contribution in [0.4, 0.5) is 0 Å². The van der Waals surface area contributed by atoms with Crippen LogP contribution in [0.25, 0.3) is 0 Å². The number of hydrogen-bond donors (Lipinski definition) is 0. The molecule has 1 aliphatic heterocycles. The van der Waals surface area contributed by atoms with Crippen LogP contribution in [0.5, 0.6) is 0 Å². The van der Waals surface area contributed by atoms with Crippen molar-refractivity contribution >= 4 is 15.7 Å². The molecule has 2 rings (SSSR count). The fraction of sp³-hybridized carbons (Fsp3) is 0.462. The third-order valence-electron chi connectivity index (χ3n) is 3.24. The summed E-state index contributed by atoms with van der Waals surface area (Å²) in [7, 11) is -2.94. The van der Waals surface area contributed by atoms with Gasteiger partial charge >= 0.3 is 0 Å². The number of sulfone groups is 1. The number of aryl methyl sites for hydroxylation is 1. The molecule has 1 fully saturated rings. The first-order chi connectivity index (χ1) is 8.52. The van der Waals surface area contributed by atoms with Crippen LogP contribution >= 0.6 is 0 Å². The molecule has 1 saturated heterocycles. The summed E-state index contributed by atoms with van der Waals surface area (Å²) in [6, 6.07) is 7.50. The Morgan fingerprint density at radius 1 is 1.17 bits per heavy atom. The predicted octanol–water partition coefficient (Wildman–Crippen LogP) is 1.12. The van der Waals surface area contributed by atoms with Gasteiger partial charge in [0.15, 0.2) is 9.84 Å². The van der Waals surface area contributed by atoms with Crippen molar-refractivity contribution in [1.82, 2.24) is 4.90 Å². The van der Waals surface area contributed by atoms with Crippen LogP contribution in [0.15, 0.2) is 24.3 Å². The zero-order valence-electron chi connectivity index (χ0n) is 10.4. The summed E-state index contributed by atoms with van der Waals surface area (Å²) in [6.45, 7) is 2.67. The van der Waals surface area contributed by atoms with Gasteiger partial charge in [-0.25, -0.2) is 8.42 Å². The molecule has 0 radical (unpaired) electrons. The number of rotatable bonds is 2. The highest BCUT2D eigenvalue weighted by molar-refractivity contribution is 7.91. The van der Waals surface area contributed by atoms with Gasteiger partial charge in [0.25, 0.3) is 5.91 Å². The smallest absolute Gasteiger partial charge is 0.253 e. The maximum absolute atomic E-state index is 12.1. The van der Waals surface area contributed by atoms with Crippen molar-refractivity contribution in [2.75, 3.05) is 24.6 Å². The van der Waals surface area contributed by atoms with E-state index < -0.39 is 9.84 Å². The first kappa shape index (κ1) is 13.1. The average molecular weight is 267 g/mol. The lowest BCUT2D eigenvalue weighted by Gasteiger charge is -2.26.